The highest BCUT2D eigenvalue weighted by molar-refractivity contribution is 4.82. The van der Waals surface area contributed by atoms with Crippen LogP contribution in [0.5, 0.6) is 0 Å². The van der Waals surface area contributed by atoms with Crippen LogP contribution in [0.2, 0.25) is 0 Å². The van der Waals surface area contributed by atoms with Crippen LogP contribution < -0.4 is 0 Å². The second-order valence-corrected chi connectivity index (χ2v) is 3.80. The molecule has 0 amide bonds. The molecule has 1 atom stereocenters. The summed E-state index contributed by atoms with van der Waals surface area (Å²) >= 11 is 0. The Bertz CT molecular complexity index is 123. The summed E-state index contributed by atoms with van der Waals surface area (Å²) in [7, 11) is 0. The quantitative estimate of drug-likeness (QED) is 0.654. The minimum Gasteiger partial charge on any atom is -0.392 e. The Hall–Kier alpha value is -0.0800. The Morgan fingerprint density at radius 2 is 2.08 bits per heavy atom. The van der Waals surface area contributed by atoms with Gasteiger partial charge in [0.05, 0.1) is 6.10 Å². The molecule has 1 unspecified atom stereocenters. The molecule has 0 radical (unpaired) electrons. The van der Waals surface area contributed by atoms with Crippen LogP contribution in [0.15, 0.2) is 0 Å². The zero-order chi connectivity index (χ0) is 8.97. The zero-order valence-electron chi connectivity index (χ0n) is 8.29. The van der Waals surface area contributed by atoms with Crippen molar-refractivity contribution in [3.05, 3.63) is 0 Å². The van der Waals surface area contributed by atoms with E-state index in [0.29, 0.717) is 5.92 Å². The minimum atomic E-state index is -0.0588. The summed E-state index contributed by atoms with van der Waals surface area (Å²) in [6, 6.07) is 0. The average molecular weight is 171 g/mol. The van der Waals surface area contributed by atoms with Crippen LogP contribution in [-0.2, 0) is 0 Å². The monoisotopic (exact) mass is 171 g/mol. The number of likely N-dealkylation sites (N-methyl/N-ethyl adjacent to an activating group) is 1. The summed E-state index contributed by atoms with van der Waals surface area (Å²) in [6.45, 7) is 7.42. The van der Waals surface area contributed by atoms with Crippen molar-refractivity contribution in [3.8, 4) is 0 Å². The summed E-state index contributed by atoms with van der Waals surface area (Å²) in [4.78, 5) is 2.34. The van der Waals surface area contributed by atoms with Crippen molar-refractivity contribution in [1.29, 1.82) is 0 Å². The predicted octanol–water partition coefficient (Wildman–Crippen LogP) is 1.49. The standard InChI is InChI=1S/C10H21NO/c1-3-7-11(4-2)8-10(12)9-5-6-9/h9-10,12H,3-8H2,1-2H3. The van der Waals surface area contributed by atoms with E-state index >= 15 is 0 Å². The summed E-state index contributed by atoms with van der Waals surface area (Å²) in [5.74, 6) is 0.621. The van der Waals surface area contributed by atoms with Crippen LogP contribution in [0.3, 0.4) is 0 Å². The van der Waals surface area contributed by atoms with Crippen molar-refractivity contribution < 1.29 is 5.11 Å². The van der Waals surface area contributed by atoms with Gasteiger partial charge in [0.2, 0.25) is 0 Å². The van der Waals surface area contributed by atoms with Gasteiger partial charge in [0.1, 0.15) is 0 Å². The molecule has 72 valence electrons. The molecule has 0 saturated heterocycles. The van der Waals surface area contributed by atoms with Gasteiger partial charge in [0.25, 0.3) is 0 Å². The number of hydrogen-bond donors (Lipinski definition) is 1. The fourth-order valence-corrected chi connectivity index (χ4v) is 1.59. The van der Waals surface area contributed by atoms with E-state index in [1.54, 1.807) is 0 Å². The third-order valence-corrected chi connectivity index (χ3v) is 2.60. The molecule has 0 aromatic carbocycles. The molecule has 2 nitrogen and oxygen atoms in total. The lowest BCUT2D eigenvalue weighted by atomic mass is 10.2. The largest absolute Gasteiger partial charge is 0.392 e. The van der Waals surface area contributed by atoms with E-state index < -0.39 is 0 Å². The van der Waals surface area contributed by atoms with Crippen molar-refractivity contribution in [2.45, 2.75) is 39.2 Å². The van der Waals surface area contributed by atoms with Crippen molar-refractivity contribution >= 4 is 0 Å². The molecule has 0 spiro atoms. The SMILES string of the molecule is CCCN(CC)CC(O)C1CC1. The van der Waals surface area contributed by atoms with E-state index in [1.807, 2.05) is 0 Å². The molecule has 0 bridgehead atoms. The summed E-state index contributed by atoms with van der Waals surface area (Å²) < 4.78 is 0. The van der Waals surface area contributed by atoms with E-state index in [4.69, 9.17) is 0 Å². The molecule has 1 aliphatic rings. The summed E-state index contributed by atoms with van der Waals surface area (Å²) in [5.41, 5.74) is 0. The van der Waals surface area contributed by atoms with Crippen LogP contribution in [0.1, 0.15) is 33.1 Å². The Kier molecular flexibility index (Phi) is 4.02. The first-order valence-electron chi connectivity index (χ1n) is 5.18. The fourth-order valence-electron chi connectivity index (χ4n) is 1.59. The van der Waals surface area contributed by atoms with Gasteiger partial charge in [-0.3, -0.25) is 0 Å². The Labute approximate surface area is 75.6 Å². The molecule has 1 saturated carbocycles. The number of rotatable bonds is 6. The third-order valence-electron chi connectivity index (χ3n) is 2.60. The second-order valence-electron chi connectivity index (χ2n) is 3.80. The predicted molar refractivity (Wildman–Crippen MR) is 51.1 cm³/mol. The number of hydrogen-bond acceptors (Lipinski definition) is 2. The molecule has 0 heterocycles. The molecule has 2 heteroatoms. The molecule has 0 aromatic heterocycles. The number of aliphatic hydroxyl groups excluding tert-OH is 1. The molecule has 1 N–H and O–H groups in total. The first-order valence-corrected chi connectivity index (χ1v) is 5.18. The smallest absolute Gasteiger partial charge is 0.0695 e. The first kappa shape index (κ1) is 10.0. The van der Waals surface area contributed by atoms with Gasteiger partial charge >= 0.3 is 0 Å². The van der Waals surface area contributed by atoms with Crippen molar-refractivity contribution in [3.63, 3.8) is 0 Å². The summed E-state index contributed by atoms with van der Waals surface area (Å²) in [5, 5.41) is 9.68. The first-order chi connectivity index (χ1) is 5.77. The van der Waals surface area contributed by atoms with Crippen LogP contribution in [0.4, 0.5) is 0 Å². The topological polar surface area (TPSA) is 23.5 Å². The van der Waals surface area contributed by atoms with E-state index in [9.17, 15) is 5.11 Å². The zero-order valence-corrected chi connectivity index (χ0v) is 8.29. The maximum absolute atomic E-state index is 9.68. The van der Waals surface area contributed by atoms with Gasteiger partial charge in [-0.05, 0) is 38.3 Å². The highest BCUT2D eigenvalue weighted by Gasteiger charge is 2.30. The highest BCUT2D eigenvalue weighted by atomic mass is 16.3. The average Bonchev–Trinajstić information content (AvgIpc) is 2.85. The molecule has 1 rings (SSSR count). The van der Waals surface area contributed by atoms with E-state index in [1.165, 1.54) is 19.3 Å². The maximum atomic E-state index is 9.68. The number of aliphatic hydroxyl groups is 1. The van der Waals surface area contributed by atoms with Crippen LogP contribution in [0, 0.1) is 5.92 Å². The van der Waals surface area contributed by atoms with Gasteiger partial charge in [0.15, 0.2) is 0 Å². The highest BCUT2D eigenvalue weighted by Crippen LogP contribution is 2.32. The molecule has 0 aromatic rings. The maximum Gasteiger partial charge on any atom is 0.0695 e. The van der Waals surface area contributed by atoms with Gasteiger partial charge in [0, 0.05) is 6.54 Å². The molecule has 0 aliphatic heterocycles. The van der Waals surface area contributed by atoms with Gasteiger partial charge in [-0.15, -0.1) is 0 Å². The lowest BCUT2D eigenvalue weighted by Gasteiger charge is -2.22. The molecular formula is C10H21NO. The Morgan fingerprint density at radius 1 is 1.42 bits per heavy atom. The van der Waals surface area contributed by atoms with E-state index in [0.717, 1.165) is 19.6 Å². The summed E-state index contributed by atoms with van der Waals surface area (Å²) in [6.07, 6.45) is 3.61. The Morgan fingerprint density at radius 3 is 2.50 bits per heavy atom. The second kappa shape index (κ2) is 4.83. The lowest BCUT2D eigenvalue weighted by molar-refractivity contribution is 0.0975. The third kappa shape index (κ3) is 3.11. The van der Waals surface area contributed by atoms with Crippen LogP contribution >= 0.6 is 0 Å². The van der Waals surface area contributed by atoms with Crippen molar-refractivity contribution in [2.24, 2.45) is 5.92 Å². The number of nitrogens with zero attached hydrogens (tertiary/aromatic N) is 1. The van der Waals surface area contributed by atoms with Gasteiger partial charge in [-0.1, -0.05) is 13.8 Å². The molecule has 12 heavy (non-hydrogen) atoms. The van der Waals surface area contributed by atoms with Gasteiger partial charge in [-0.25, -0.2) is 0 Å². The molecular weight excluding hydrogens is 150 g/mol. The Balaban J connectivity index is 2.15. The van der Waals surface area contributed by atoms with Crippen LogP contribution in [0.25, 0.3) is 0 Å². The normalized spacial score (nSPS) is 20.0. The molecule has 1 fully saturated rings. The fraction of sp³-hybridized carbons (Fsp3) is 1.00. The van der Waals surface area contributed by atoms with Crippen LogP contribution in [-0.4, -0.2) is 35.7 Å². The van der Waals surface area contributed by atoms with E-state index in [-0.39, 0.29) is 6.10 Å². The van der Waals surface area contributed by atoms with Gasteiger partial charge < -0.3 is 10.0 Å². The van der Waals surface area contributed by atoms with Gasteiger partial charge in [-0.2, -0.15) is 0 Å². The molecule has 1 aliphatic carbocycles. The van der Waals surface area contributed by atoms with Crippen molar-refractivity contribution in [2.75, 3.05) is 19.6 Å². The minimum absolute atomic E-state index is 0.0588. The van der Waals surface area contributed by atoms with E-state index in [2.05, 4.69) is 18.7 Å². The van der Waals surface area contributed by atoms with Crippen molar-refractivity contribution in [1.82, 2.24) is 4.90 Å². The lowest BCUT2D eigenvalue weighted by Crippen LogP contribution is -2.33.